The maximum Gasteiger partial charge on any atom is 0.244 e. The van der Waals surface area contributed by atoms with Gasteiger partial charge in [0.1, 0.15) is 6.54 Å². The maximum absolute atomic E-state index is 12.8. The van der Waals surface area contributed by atoms with Crippen LogP contribution in [0, 0.1) is 13.8 Å². The highest BCUT2D eigenvalue weighted by Gasteiger charge is 2.30. The van der Waals surface area contributed by atoms with Gasteiger partial charge in [-0.25, -0.2) is 8.42 Å². The predicted octanol–water partition coefficient (Wildman–Crippen LogP) is 1.03. The fraction of sp³-hybridized carbons (Fsp3) is 0.412. The number of sulfonamides is 1. The molecule has 7 nitrogen and oxygen atoms in total. The van der Waals surface area contributed by atoms with Crippen LogP contribution in [0.5, 0.6) is 0 Å². The van der Waals surface area contributed by atoms with Crippen molar-refractivity contribution in [3.63, 3.8) is 0 Å². The lowest BCUT2D eigenvalue weighted by molar-refractivity contribution is -0.133. The molecule has 0 N–H and O–H groups in total. The summed E-state index contributed by atoms with van der Waals surface area (Å²) in [6.45, 7) is 5.43. The average Bonchev–Trinajstić information content (AvgIpc) is 3.10. The zero-order valence-corrected chi connectivity index (χ0v) is 15.2. The molecule has 25 heavy (non-hydrogen) atoms. The Balaban J connectivity index is 1.64. The fourth-order valence-corrected chi connectivity index (χ4v) is 4.34. The smallest absolute Gasteiger partial charge is 0.244 e. The first-order chi connectivity index (χ1) is 11.9. The first-order valence-corrected chi connectivity index (χ1v) is 9.64. The zero-order chi connectivity index (χ0) is 18.0. The molecule has 0 aliphatic carbocycles. The lowest BCUT2D eigenvalue weighted by Gasteiger charge is -2.34. The minimum absolute atomic E-state index is 0.0491. The van der Waals surface area contributed by atoms with Crippen molar-refractivity contribution in [3.8, 4) is 0 Å². The van der Waals surface area contributed by atoms with E-state index in [-0.39, 0.29) is 12.5 Å². The summed E-state index contributed by atoms with van der Waals surface area (Å²) >= 11 is 0. The summed E-state index contributed by atoms with van der Waals surface area (Å²) in [5, 5.41) is 4.02. The Hall–Kier alpha value is -2.19. The van der Waals surface area contributed by atoms with Crippen LogP contribution >= 0.6 is 0 Å². The van der Waals surface area contributed by atoms with Crippen LogP contribution in [0.25, 0.3) is 0 Å². The summed E-state index contributed by atoms with van der Waals surface area (Å²) in [5.74, 6) is -0.0491. The van der Waals surface area contributed by atoms with Gasteiger partial charge in [0, 0.05) is 38.6 Å². The van der Waals surface area contributed by atoms with Gasteiger partial charge in [-0.05, 0) is 43.2 Å². The van der Waals surface area contributed by atoms with E-state index < -0.39 is 10.0 Å². The molecule has 134 valence electrons. The van der Waals surface area contributed by atoms with Gasteiger partial charge in [0.25, 0.3) is 0 Å². The monoisotopic (exact) mass is 362 g/mol. The lowest BCUT2D eigenvalue weighted by atomic mass is 10.1. The van der Waals surface area contributed by atoms with E-state index >= 15 is 0 Å². The Labute approximate surface area is 147 Å². The van der Waals surface area contributed by atoms with Crippen molar-refractivity contribution in [1.82, 2.24) is 19.0 Å². The van der Waals surface area contributed by atoms with Crippen molar-refractivity contribution >= 4 is 15.9 Å². The summed E-state index contributed by atoms with van der Waals surface area (Å²) < 4.78 is 28.6. The van der Waals surface area contributed by atoms with E-state index in [4.69, 9.17) is 0 Å². The largest absolute Gasteiger partial charge is 0.338 e. The number of carbonyl (C=O) groups is 1. The van der Waals surface area contributed by atoms with Crippen molar-refractivity contribution in [3.05, 3.63) is 47.8 Å². The van der Waals surface area contributed by atoms with Crippen molar-refractivity contribution in [1.29, 1.82) is 0 Å². The molecule has 1 amide bonds. The number of hydrogen-bond acceptors (Lipinski definition) is 4. The molecule has 3 rings (SSSR count). The standard InChI is InChI=1S/C17H22N4O3S/c1-14-4-5-16(12-15(14)2)25(23,24)21-10-8-19(9-11-21)17(22)13-20-7-3-6-18-20/h3-7,12H,8-11,13H2,1-2H3. The van der Waals surface area contributed by atoms with Crippen LogP contribution < -0.4 is 0 Å². The maximum atomic E-state index is 12.8. The Morgan fingerprint density at radius 1 is 1.12 bits per heavy atom. The third-order valence-electron chi connectivity index (χ3n) is 4.56. The van der Waals surface area contributed by atoms with Crippen LogP contribution in [-0.4, -0.2) is 59.5 Å². The van der Waals surface area contributed by atoms with Gasteiger partial charge < -0.3 is 4.90 Å². The van der Waals surface area contributed by atoms with Gasteiger partial charge in [-0.15, -0.1) is 0 Å². The van der Waals surface area contributed by atoms with Crippen LogP contribution in [-0.2, 0) is 21.4 Å². The van der Waals surface area contributed by atoms with Crippen LogP contribution in [0.1, 0.15) is 11.1 Å². The van der Waals surface area contributed by atoms with Crippen molar-refractivity contribution in [2.24, 2.45) is 0 Å². The van der Waals surface area contributed by atoms with Crippen molar-refractivity contribution in [2.75, 3.05) is 26.2 Å². The molecule has 1 aromatic carbocycles. The summed E-state index contributed by atoms with van der Waals surface area (Å²) in [6.07, 6.45) is 3.36. The molecule has 0 bridgehead atoms. The molecule has 1 saturated heterocycles. The molecule has 0 radical (unpaired) electrons. The molecule has 1 fully saturated rings. The van der Waals surface area contributed by atoms with Gasteiger partial charge in [0.2, 0.25) is 15.9 Å². The minimum atomic E-state index is -3.52. The molecule has 2 aromatic rings. The minimum Gasteiger partial charge on any atom is -0.338 e. The Kier molecular flexibility index (Phi) is 4.91. The quantitative estimate of drug-likeness (QED) is 0.814. The van der Waals surface area contributed by atoms with E-state index in [1.165, 1.54) is 4.31 Å². The van der Waals surface area contributed by atoms with Gasteiger partial charge in [-0.1, -0.05) is 6.07 Å². The highest BCUT2D eigenvalue weighted by Crippen LogP contribution is 2.20. The summed E-state index contributed by atoms with van der Waals surface area (Å²) in [7, 11) is -3.52. The van der Waals surface area contributed by atoms with Crippen LogP contribution in [0.3, 0.4) is 0 Å². The predicted molar refractivity (Wildman–Crippen MR) is 93.5 cm³/mol. The van der Waals surface area contributed by atoms with E-state index in [9.17, 15) is 13.2 Å². The zero-order valence-electron chi connectivity index (χ0n) is 14.4. The fourth-order valence-electron chi connectivity index (χ4n) is 2.83. The normalized spacial score (nSPS) is 16.2. The molecule has 2 heterocycles. The van der Waals surface area contributed by atoms with Crippen molar-refractivity contribution < 1.29 is 13.2 Å². The second-order valence-corrected chi connectivity index (χ2v) is 8.17. The van der Waals surface area contributed by atoms with Crippen molar-refractivity contribution in [2.45, 2.75) is 25.3 Å². The van der Waals surface area contributed by atoms with E-state index in [0.29, 0.717) is 31.1 Å². The molecule has 1 aromatic heterocycles. The highest BCUT2D eigenvalue weighted by molar-refractivity contribution is 7.89. The van der Waals surface area contributed by atoms with E-state index in [0.717, 1.165) is 11.1 Å². The van der Waals surface area contributed by atoms with Crippen LogP contribution in [0.15, 0.2) is 41.6 Å². The first kappa shape index (κ1) is 17.6. The second kappa shape index (κ2) is 6.97. The number of hydrogen-bond donors (Lipinski definition) is 0. The van der Waals surface area contributed by atoms with E-state index in [1.807, 2.05) is 19.9 Å². The first-order valence-electron chi connectivity index (χ1n) is 8.20. The van der Waals surface area contributed by atoms with Crippen LogP contribution in [0.4, 0.5) is 0 Å². The molecule has 0 atom stereocenters. The topological polar surface area (TPSA) is 75.5 Å². The molecular weight excluding hydrogens is 340 g/mol. The number of nitrogens with zero attached hydrogens (tertiary/aromatic N) is 4. The molecular formula is C17H22N4O3S. The number of rotatable bonds is 4. The van der Waals surface area contributed by atoms with Gasteiger partial charge in [0.05, 0.1) is 4.90 Å². The average molecular weight is 362 g/mol. The Bertz CT molecular complexity index is 854. The third-order valence-corrected chi connectivity index (χ3v) is 6.46. The van der Waals surface area contributed by atoms with Gasteiger partial charge in [-0.2, -0.15) is 9.40 Å². The number of aryl methyl sites for hydroxylation is 2. The summed E-state index contributed by atoms with van der Waals surface area (Å²) in [5.41, 5.74) is 2.02. The Morgan fingerprint density at radius 2 is 1.84 bits per heavy atom. The van der Waals surface area contributed by atoms with Gasteiger partial charge >= 0.3 is 0 Å². The second-order valence-electron chi connectivity index (χ2n) is 6.23. The van der Waals surface area contributed by atoms with Gasteiger partial charge in [0.15, 0.2) is 0 Å². The van der Waals surface area contributed by atoms with Gasteiger partial charge in [-0.3, -0.25) is 9.48 Å². The van der Waals surface area contributed by atoms with Crippen LogP contribution in [0.2, 0.25) is 0 Å². The Morgan fingerprint density at radius 3 is 2.44 bits per heavy atom. The number of benzene rings is 1. The molecule has 0 spiro atoms. The van der Waals surface area contributed by atoms with E-state index in [2.05, 4.69) is 5.10 Å². The lowest BCUT2D eigenvalue weighted by Crippen LogP contribution is -2.51. The van der Waals surface area contributed by atoms with E-state index in [1.54, 1.807) is 40.2 Å². The molecule has 1 aliphatic heterocycles. The summed E-state index contributed by atoms with van der Waals surface area (Å²) in [4.78, 5) is 14.3. The molecule has 8 heteroatoms. The number of amides is 1. The SMILES string of the molecule is Cc1ccc(S(=O)(=O)N2CCN(C(=O)Cn3cccn3)CC2)cc1C. The highest BCUT2D eigenvalue weighted by atomic mass is 32.2. The number of carbonyl (C=O) groups excluding carboxylic acids is 1. The third kappa shape index (κ3) is 3.74. The number of aromatic nitrogens is 2. The molecule has 0 unspecified atom stereocenters. The summed E-state index contributed by atoms with van der Waals surface area (Å²) in [6, 6.07) is 6.94. The molecule has 0 saturated carbocycles. The number of piperazine rings is 1. The molecule has 1 aliphatic rings.